The average Bonchev–Trinajstić information content (AvgIpc) is 3.13. The number of hydrogen-bond donors (Lipinski definition) is 3. The molecule has 2 atom stereocenters. The van der Waals surface area contributed by atoms with Crippen LogP contribution in [0.2, 0.25) is 0 Å². The highest BCUT2D eigenvalue weighted by molar-refractivity contribution is 5.87. The zero-order valence-corrected chi connectivity index (χ0v) is 16.6. The lowest BCUT2D eigenvalue weighted by Gasteiger charge is -2.26. The molecule has 1 saturated carbocycles. The van der Waals surface area contributed by atoms with Gasteiger partial charge in [-0.25, -0.2) is 4.98 Å². The van der Waals surface area contributed by atoms with Gasteiger partial charge < -0.3 is 20.3 Å². The summed E-state index contributed by atoms with van der Waals surface area (Å²) in [4.78, 5) is 13.9. The molecule has 0 aliphatic heterocycles. The van der Waals surface area contributed by atoms with Crippen molar-refractivity contribution in [2.75, 3.05) is 10.6 Å². The Labute approximate surface area is 169 Å². The Hall–Kier alpha value is -3.18. The Balaban J connectivity index is 1.74. The summed E-state index contributed by atoms with van der Waals surface area (Å²) in [5, 5.41) is 26.0. The van der Waals surface area contributed by atoms with Crippen molar-refractivity contribution in [1.82, 2.24) is 19.5 Å². The van der Waals surface area contributed by atoms with Crippen LogP contribution in [0, 0.1) is 11.3 Å². The maximum absolute atomic E-state index is 9.98. The minimum Gasteiger partial charge on any atom is -0.393 e. The van der Waals surface area contributed by atoms with E-state index in [9.17, 15) is 10.4 Å². The van der Waals surface area contributed by atoms with E-state index in [0.717, 1.165) is 24.9 Å². The van der Waals surface area contributed by atoms with Crippen molar-refractivity contribution in [1.29, 1.82) is 5.26 Å². The number of rotatable bonds is 5. The van der Waals surface area contributed by atoms with Gasteiger partial charge in [0.25, 0.3) is 0 Å². The van der Waals surface area contributed by atoms with Gasteiger partial charge in [0.15, 0.2) is 17.0 Å². The quantitative estimate of drug-likeness (QED) is 0.607. The van der Waals surface area contributed by atoms with Crippen LogP contribution >= 0.6 is 0 Å². The van der Waals surface area contributed by atoms with E-state index in [1.54, 1.807) is 12.4 Å². The zero-order valence-electron chi connectivity index (χ0n) is 16.6. The second kappa shape index (κ2) is 8.05. The standard InChI is InChI=1S/C21H25N7O/c1-13(2)28-12-23-18-19(25-17-9-4-3-6-14(17)11-22)26-21(27-20(18)28)24-15-7-5-8-16(29)10-15/h3-4,6,9,12-13,15-16,29H,5,7-8,10H2,1-2H3,(H2,24,25,26,27)/t15-,16-/m1/s1. The lowest BCUT2D eigenvalue weighted by atomic mass is 9.93. The highest BCUT2D eigenvalue weighted by Crippen LogP contribution is 2.28. The maximum Gasteiger partial charge on any atom is 0.227 e. The molecule has 0 bridgehead atoms. The van der Waals surface area contributed by atoms with E-state index in [4.69, 9.17) is 4.98 Å². The number of anilines is 3. The number of fused-ring (bicyclic) bond motifs is 1. The normalized spacial score (nSPS) is 19.3. The third-order valence-corrected chi connectivity index (χ3v) is 5.26. The lowest BCUT2D eigenvalue weighted by molar-refractivity contribution is 0.124. The SMILES string of the molecule is CC(C)n1cnc2c(Nc3ccccc3C#N)nc(N[C@@H]3CCC[C@@H](O)C3)nc21. The molecule has 0 unspecified atom stereocenters. The molecule has 3 N–H and O–H groups in total. The van der Waals surface area contributed by atoms with Gasteiger partial charge in [-0.15, -0.1) is 0 Å². The smallest absolute Gasteiger partial charge is 0.227 e. The third kappa shape index (κ3) is 4.00. The summed E-state index contributed by atoms with van der Waals surface area (Å²) in [5.74, 6) is 1.05. The molecule has 0 amide bonds. The first-order valence-corrected chi connectivity index (χ1v) is 10.0. The predicted octanol–water partition coefficient (Wildman–Crippen LogP) is 3.74. The molecule has 8 nitrogen and oxygen atoms in total. The first-order chi connectivity index (χ1) is 14.0. The highest BCUT2D eigenvalue weighted by atomic mass is 16.3. The monoisotopic (exact) mass is 391 g/mol. The number of para-hydroxylation sites is 1. The largest absolute Gasteiger partial charge is 0.393 e. The van der Waals surface area contributed by atoms with Crippen LogP contribution in [0.4, 0.5) is 17.5 Å². The third-order valence-electron chi connectivity index (χ3n) is 5.26. The molecule has 1 aliphatic carbocycles. The van der Waals surface area contributed by atoms with Crippen LogP contribution in [-0.4, -0.2) is 36.8 Å². The molecule has 4 rings (SSSR count). The summed E-state index contributed by atoms with van der Waals surface area (Å²) in [7, 11) is 0. The highest BCUT2D eigenvalue weighted by Gasteiger charge is 2.22. The van der Waals surface area contributed by atoms with Crippen molar-refractivity contribution < 1.29 is 5.11 Å². The second-order valence-electron chi connectivity index (χ2n) is 7.76. The summed E-state index contributed by atoms with van der Waals surface area (Å²) in [5.41, 5.74) is 2.59. The van der Waals surface area contributed by atoms with E-state index < -0.39 is 0 Å². The van der Waals surface area contributed by atoms with Crippen molar-refractivity contribution in [2.45, 2.75) is 57.7 Å². The van der Waals surface area contributed by atoms with Crippen LogP contribution in [0.3, 0.4) is 0 Å². The molecule has 0 radical (unpaired) electrons. The number of aliphatic hydroxyl groups excluding tert-OH is 1. The van der Waals surface area contributed by atoms with Gasteiger partial charge in [-0.3, -0.25) is 0 Å². The summed E-state index contributed by atoms with van der Waals surface area (Å²) in [6.07, 6.45) is 4.96. The topological polar surface area (TPSA) is 112 Å². The maximum atomic E-state index is 9.98. The average molecular weight is 391 g/mol. The lowest BCUT2D eigenvalue weighted by Crippen LogP contribution is -2.30. The first-order valence-electron chi connectivity index (χ1n) is 10.0. The second-order valence-corrected chi connectivity index (χ2v) is 7.76. The van der Waals surface area contributed by atoms with Crippen LogP contribution in [0.5, 0.6) is 0 Å². The number of nitrogens with zero attached hydrogens (tertiary/aromatic N) is 5. The summed E-state index contributed by atoms with van der Waals surface area (Å²) in [6, 6.07) is 9.82. The Bertz CT molecular complexity index is 1050. The van der Waals surface area contributed by atoms with E-state index in [1.807, 2.05) is 22.8 Å². The summed E-state index contributed by atoms with van der Waals surface area (Å²) < 4.78 is 2.00. The van der Waals surface area contributed by atoms with Crippen LogP contribution < -0.4 is 10.6 Å². The minimum atomic E-state index is -0.286. The molecule has 150 valence electrons. The molecule has 0 spiro atoms. The van der Waals surface area contributed by atoms with Gasteiger partial charge >= 0.3 is 0 Å². The van der Waals surface area contributed by atoms with Gasteiger partial charge in [0.2, 0.25) is 5.95 Å². The molecular weight excluding hydrogens is 366 g/mol. The van der Waals surface area contributed by atoms with E-state index in [2.05, 4.69) is 40.5 Å². The van der Waals surface area contributed by atoms with Crippen LogP contribution in [0.1, 0.15) is 51.1 Å². The van der Waals surface area contributed by atoms with E-state index >= 15 is 0 Å². The Kier molecular flexibility index (Phi) is 5.32. The molecule has 2 aromatic heterocycles. The molecule has 1 aliphatic rings. The van der Waals surface area contributed by atoms with Crippen LogP contribution in [0.25, 0.3) is 11.2 Å². The molecule has 1 fully saturated rings. The molecule has 2 heterocycles. The van der Waals surface area contributed by atoms with Crippen molar-refractivity contribution in [3.05, 3.63) is 36.2 Å². The number of aromatic nitrogens is 4. The van der Waals surface area contributed by atoms with Gasteiger partial charge in [-0.2, -0.15) is 15.2 Å². The molecule has 8 heteroatoms. The van der Waals surface area contributed by atoms with Gasteiger partial charge in [0.05, 0.1) is 23.7 Å². The Morgan fingerprint density at radius 3 is 2.83 bits per heavy atom. The number of nitriles is 1. The first kappa shape index (κ1) is 19.2. The zero-order chi connectivity index (χ0) is 20.4. The number of benzene rings is 1. The Morgan fingerprint density at radius 1 is 1.24 bits per heavy atom. The number of hydrogen-bond acceptors (Lipinski definition) is 7. The molecular formula is C21H25N7O. The van der Waals surface area contributed by atoms with Crippen molar-refractivity contribution in [3.63, 3.8) is 0 Å². The molecule has 3 aromatic rings. The fourth-order valence-electron chi connectivity index (χ4n) is 3.74. The molecule has 29 heavy (non-hydrogen) atoms. The van der Waals surface area contributed by atoms with Crippen molar-refractivity contribution in [2.24, 2.45) is 0 Å². The van der Waals surface area contributed by atoms with Gasteiger partial charge in [0.1, 0.15) is 6.07 Å². The Morgan fingerprint density at radius 2 is 2.07 bits per heavy atom. The van der Waals surface area contributed by atoms with Gasteiger partial charge in [-0.05, 0) is 51.7 Å². The fraction of sp³-hybridized carbons (Fsp3) is 0.429. The van der Waals surface area contributed by atoms with E-state index in [0.29, 0.717) is 35.0 Å². The number of imidazole rings is 1. The number of nitrogens with one attached hydrogen (secondary N) is 2. The van der Waals surface area contributed by atoms with Crippen molar-refractivity contribution in [3.8, 4) is 6.07 Å². The van der Waals surface area contributed by atoms with E-state index in [-0.39, 0.29) is 18.2 Å². The van der Waals surface area contributed by atoms with Crippen molar-refractivity contribution >= 4 is 28.6 Å². The summed E-state index contributed by atoms with van der Waals surface area (Å²) in [6.45, 7) is 4.15. The molecule has 0 saturated heterocycles. The predicted molar refractivity (Wildman–Crippen MR) is 112 cm³/mol. The van der Waals surface area contributed by atoms with Crippen LogP contribution in [-0.2, 0) is 0 Å². The fourth-order valence-corrected chi connectivity index (χ4v) is 3.74. The number of aliphatic hydroxyl groups is 1. The minimum absolute atomic E-state index is 0.130. The van der Waals surface area contributed by atoms with E-state index in [1.165, 1.54) is 0 Å². The summed E-state index contributed by atoms with van der Waals surface area (Å²) >= 11 is 0. The molecule has 1 aromatic carbocycles. The van der Waals surface area contributed by atoms with Gasteiger partial charge in [0, 0.05) is 12.1 Å². The van der Waals surface area contributed by atoms with Gasteiger partial charge in [-0.1, -0.05) is 12.1 Å². The van der Waals surface area contributed by atoms with Crippen LogP contribution in [0.15, 0.2) is 30.6 Å².